The van der Waals surface area contributed by atoms with Crippen LogP contribution in [0.3, 0.4) is 0 Å². The number of anilines is 1. The average molecular weight is 235 g/mol. The number of rotatable bonds is 2. The van der Waals surface area contributed by atoms with E-state index in [0.717, 1.165) is 15.8 Å². The lowest BCUT2D eigenvalue weighted by atomic mass is 10.2. The molecule has 2 rings (SSSR count). The maximum absolute atomic E-state index is 11.4. The molecule has 1 amide bonds. The van der Waals surface area contributed by atoms with Crippen LogP contribution in [0.4, 0.5) is 5.13 Å². The van der Waals surface area contributed by atoms with Crippen molar-refractivity contribution >= 4 is 32.6 Å². The van der Waals surface area contributed by atoms with Crippen molar-refractivity contribution in [3.05, 3.63) is 23.8 Å². The summed E-state index contributed by atoms with van der Waals surface area (Å²) < 4.78 is 1.07. The van der Waals surface area contributed by atoms with E-state index in [0.29, 0.717) is 5.13 Å². The van der Waals surface area contributed by atoms with E-state index in [1.165, 1.54) is 11.3 Å². The van der Waals surface area contributed by atoms with Gasteiger partial charge in [-0.2, -0.15) is 0 Å². The molecular formula is C11H13N3OS. The molecule has 4 nitrogen and oxygen atoms in total. The number of hydrogen-bond acceptors (Lipinski definition) is 4. The number of fused-ring (bicyclic) bond motifs is 1. The van der Waals surface area contributed by atoms with Gasteiger partial charge in [-0.25, -0.2) is 4.98 Å². The van der Waals surface area contributed by atoms with Gasteiger partial charge < -0.3 is 11.1 Å². The Morgan fingerprint density at radius 2 is 2.31 bits per heavy atom. The van der Waals surface area contributed by atoms with Crippen molar-refractivity contribution in [2.45, 2.75) is 19.9 Å². The molecule has 16 heavy (non-hydrogen) atoms. The first-order chi connectivity index (χ1) is 7.58. The molecule has 0 bridgehead atoms. The number of aryl methyl sites for hydroxylation is 1. The van der Waals surface area contributed by atoms with E-state index in [4.69, 9.17) is 5.73 Å². The molecule has 0 aliphatic rings. The average Bonchev–Trinajstić information content (AvgIpc) is 2.61. The van der Waals surface area contributed by atoms with E-state index in [-0.39, 0.29) is 5.91 Å². The maximum Gasteiger partial charge on any atom is 0.242 e. The van der Waals surface area contributed by atoms with Gasteiger partial charge in [0.1, 0.15) is 0 Å². The maximum atomic E-state index is 11.4. The summed E-state index contributed by atoms with van der Waals surface area (Å²) in [5, 5.41) is 3.30. The fraction of sp³-hybridized carbons (Fsp3) is 0.273. The molecule has 1 atom stereocenters. The number of nitrogens with zero attached hydrogens (tertiary/aromatic N) is 1. The van der Waals surface area contributed by atoms with Crippen molar-refractivity contribution < 1.29 is 4.79 Å². The number of carbonyl (C=O) groups excluding carboxylic acids is 1. The second-order valence-corrected chi connectivity index (χ2v) is 4.75. The van der Waals surface area contributed by atoms with Crippen LogP contribution in [0.5, 0.6) is 0 Å². The lowest BCUT2D eigenvalue weighted by Crippen LogP contribution is -2.32. The minimum atomic E-state index is -0.520. The van der Waals surface area contributed by atoms with E-state index in [9.17, 15) is 4.79 Å². The third-order valence-corrected chi connectivity index (χ3v) is 3.20. The summed E-state index contributed by atoms with van der Waals surface area (Å²) >= 11 is 1.46. The Hall–Kier alpha value is -1.46. The highest BCUT2D eigenvalue weighted by atomic mass is 32.1. The van der Waals surface area contributed by atoms with Crippen LogP contribution >= 0.6 is 11.3 Å². The SMILES string of the molecule is Cc1cccc2sc(NC(=O)[C@H](C)N)nc12. The predicted molar refractivity (Wildman–Crippen MR) is 66.6 cm³/mol. The minimum absolute atomic E-state index is 0.211. The highest BCUT2D eigenvalue weighted by Gasteiger charge is 2.11. The first-order valence-electron chi connectivity index (χ1n) is 5.00. The van der Waals surface area contributed by atoms with Crippen molar-refractivity contribution in [1.29, 1.82) is 0 Å². The second-order valence-electron chi connectivity index (χ2n) is 3.72. The molecular weight excluding hydrogens is 222 g/mol. The standard InChI is InChI=1S/C11H13N3OS/c1-6-4-3-5-8-9(6)13-11(16-8)14-10(15)7(2)12/h3-5,7H,12H2,1-2H3,(H,13,14,15)/t7-/m0/s1. The lowest BCUT2D eigenvalue weighted by molar-refractivity contribution is -0.117. The van der Waals surface area contributed by atoms with Gasteiger partial charge in [0.2, 0.25) is 5.91 Å². The Balaban J connectivity index is 2.33. The van der Waals surface area contributed by atoms with E-state index in [2.05, 4.69) is 10.3 Å². The van der Waals surface area contributed by atoms with Crippen LogP contribution in [0.1, 0.15) is 12.5 Å². The zero-order chi connectivity index (χ0) is 11.7. The summed E-state index contributed by atoms with van der Waals surface area (Å²) in [7, 11) is 0. The number of amides is 1. The van der Waals surface area contributed by atoms with Gasteiger partial charge in [0.15, 0.2) is 5.13 Å². The van der Waals surface area contributed by atoms with Crippen LogP contribution in [-0.4, -0.2) is 16.9 Å². The number of para-hydroxylation sites is 1. The van der Waals surface area contributed by atoms with Gasteiger partial charge in [-0.1, -0.05) is 23.5 Å². The molecule has 2 aromatic rings. The van der Waals surface area contributed by atoms with Crippen LogP contribution in [0.25, 0.3) is 10.2 Å². The van der Waals surface area contributed by atoms with Gasteiger partial charge in [-0.15, -0.1) is 0 Å². The summed E-state index contributed by atoms with van der Waals surface area (Å²) in [5.41, 5.74) is 7.52. The van der Waals surface area contributed by atoms with Gasteiger partial charge >= 0.3 is 0 Å². The third-order valence-electron chi connectivity index (χ3n) is 2.26. The first kappa shape index (κ1) is 11.0. The molecule has 0 aliphatic carbocycles. The molecule has 0 spiro atoms. The quantitative estimate of drug-likeness (QED) is 0.835. The molecule has 0 saturated carbocycles. The van der Waals surface area contributed by atoms with Gasteiger partial charge in [0, 0.05) is 0 Å². The predicted octanol–water partition coefficient (Wildman–Crippen LogP) is 1.89. The highest BCUT2D eigenvalue weighted by Crippen LogP contribution is 2.27. The molecule has 1 aromatic heterocycles. The molecule has 5 heteroatoms. The van der Waals surface area contributed by atoms with Crippen molar-refractivity contribution in [3.63, 3.8) is 0 Å². The summed E-state index contributed by atoms with van der Waals surface area (Å²) in [5.74, 6) is -0.211. The number of hydrogen-bond donors (Lipinski definition) is 2. The summed E-state index contributed by atoms with van der Waals surface area (Å²) in [4.78, 5) is 15.8. The number of nitrogens with two attached hydrogens (primary N) is 1. The number of aromatic nitrogens is 1. The topological polar surface area (TPSA) is 68.0 Å². The molecule has 0 radical (unpaired) electrons. The summed E-state index contributed by atoms with van der Waals surface area (Å²) in [6.07, 6.45) is 0. The van der Waals surface area contributed by atoms with Crippen LogP contribution < -0.4 is 11.1 Å². The van der Waals surface area contributed by atoms with Crippen molar-refractivity contribution in [3.8, 4) is 0 Å². The lowest BCUT2D eigenvalue weighted by Gasteiger charge is -2.03. The van der Waals surface area contributed by atoms with Crippen LogP contribution in [0, 0.1) is 6.92 Å². The zero-order valence-corrected chi connectivity index (χ0v) is 9.97. The normalized spacial score (nSPS) is 12.7. The Labute approximate surface area is 97.5 Å². The molecule has 0 saturated heterocycles. The molecule has 0 aliphatic heterocycles. The van der Waals surface area contributed by atoms with Crippen LogP contribution in [0.15, 0.2) is 18.2 Å². The van der Waals surface area contributed by atoms with Crippen LogP contribution in [-0.2, 0) is 4.79 Å². The Kier molecular flexibility index (Phi) is 2.89. The zero-order valence-electron chi connectivity index (χ0n) is 9.15. The Bertz CT molecular complexity index is 533. The number of benzene rings is 1. The molecule has 1 aromatic carbocycles. The summed E-state index contributed by atoms with van der Waals surface area (Å²) in [6, 6.07) is 5.45. The second kappa shape index (κ2) is 4.19. The summed E-state index contributed by atoms with van der Waals surface area (Å²) in [6.45, 7) is 3.65. The van der Waals surface area contributed by atoms with E-state index in [1.54, 1.807) is 6.92 Å². The molecule has 3 N–H and O–H groups in total. The number of thiazole rings is 1. The largest absolute Gasteiger partial charge is 0.320 e. The minimum Gasteiger partial charge on any atom is -0.320 e. The molecule has 84 valence electrons. The van der Waals surface area contributed by atoms with Crippen molar-refractivity contribution in [2.75, 3.05) is 5.32 Å². The van der Waals surface area contributed by atoms with Gasteiger partial charge in [-0.3, -0.25) is 4.79 Å². The Morgan fingerprint density at radius 1 is 1.56 bits per heavy atom. The molecule has 0 fully saturated rings. The molecule has 0 unspecified atom stereocenters. The van der Waals surface area contributed by atoms with Crippen LogP contribution in [0.2, 0.25) is 0 Å². The molecule has 1 heterocycles. The third kappa shape index (κ3) is 2.05. The van der Waals surface area contributed by atoms with Gasteiger partial charge in [0.25, 0.3) is 0 Å². The van der Waals surface area contributed by atoms with E-state index >= 15 is 0 Å². The Morgan fingerprint density at radius 3 is 2.94 bits per heavy atom. The fourth-order valence-electron chi connectivity index (χ4n) is 1.36. The van der Waals surface area contributed by atoms with E-state index < -0.39 is 6.04 Å². The first-order valence-corrected chi connectivity index (χ1v) is 5.82. The number of carbonyl (C=O) groups is 1. The monoisotopic (exact) mass is 235 g/mol. The van der Waals surface area contributed by atoms with Gasteiger partial charge in [0.05, 0.1) is 16.3 Å². The fourth-order valence-corrected chi connectivity index (χ4v) is 2.31. The van der Waals surface area contributed by atoms with Crippen molar-refractivity contribution in [1.82, 2.24) is 4.98 Å². The highest BCUT2D eigenvalue weighted by molar-refractivity contribution is 7.22. The van der Waals surface area contributed by atoms with Crippen molar-refractivity contribution in [2.24, 2.45) is 5.73 Å². The number of nitrogens with one attached hydrogen (secondary N) is 1. The smallest absolute Gasteiger partial charge is 0.242 e. The van der Waals surface area contributed by atoms with E-state index in [1.807, 2.05) is 25.1 Å². The van der Waals surface area contributed by atoms with Gasteiger partial charge in [-0.05, 0) is 25.5 Å².